The van der Waals surface area contributed by atoms with Crippen LogP contribution >= 0.6 is 0 Å². The summed E-state index contributed by atoms with van der Waals surface area (Å²) in [5.74, 6) is 0.545. The summed E-state index contributed by atoms with van der Waals surface area (Å²) in [6.45, 7) is 29.3. The number of para-hydroxylation sites is 2. The van der Waals surface area contributed by atoms with E-state index in [1.54, 1.807) is 0 Å². The molecule has 119 heavy (non-hydrogen) atoms. The molecule has 0 aliphatic rings. The molecule has 0 saturated heterocycles. The van der Waals surface area contributed by atoms with E-state index in [0.717, 1.165) is 85.7 Å². The van der Waals surface area contributed by atoms with Crippen LogP contribution < -0.4 is 0 Å². The molecule has 619 valence electrons. The quantitative estimate of drug-likeness (QED) is 0.0656. The molecule has 5 aromatic heterocycles. The molecule has 0 atom stereocenters. The normalized spacial score (nSPS) is 10.4. The number of ketones is 2. The zero-order valence-corrected chi connectivity index (χ0v) is 81.8. The van der Waals surface area contributed by atoms with E-state index in [2.05, 4.69) is 291 Å². The maximum atomic E-state index is 10.0. The van der Waals surface area contributed by atoms with Crippen LogP contribution in [0.5, 0.6) is 0 Å². The van der Waals surface area contributed by atoms with Crippen LogP contribution in [0, 0.1) is 91.6 Å². The molecule has 0 bridgehead atoms. The van der Waals surface area contributed by atoms with E-state index < -0.39 is 0 Å². The van der Waals surface area contributed by atoms with Gasteiger partial charge in [-0.2, -0.15) is 0 Å². The molecule has 10 aromatic carbocycles. The number of aliphatic hydroxyl groups excluding tert-OH is 2. The minimum absolute atomic E-state index is 0. The molecule has 0 spiro atoms. The molecule has 0 saturated carbocycles. The third-order valence-corrected chi connectivity index (χ3v) is 18.5. The number of fused-ring (bicyclic) bond motifs is 2. The Balaban J connectivity index is 0.000000298. The van der Waals surface area contributed by atoms with Gasteiger partial charge in [0.1, 0.15) is 0 Å². The Morgan fingerprint density at radius 2 is 0.866 bits per heavy atom. The number of benzene rings is 10. The third-order valence-electron chi connectivity index (χ3n) is 18.5. The summed E-state index contributed by atoms with van der Waals surface area (Å²) in [6.07, 6.45) is 10.0. The van der Waals surface area contributed by atoms with Crippen molar-refractivity contribution < 1.29 is 120 Å². The monoisotopic (exact) mass is 2460 g/mol. The minimum Gasteiger partial charge on any atom is -0.512 e. The topological polar surface area (TPSA) is 139 Å². The first-order valence-electron chi connectivity index (χ1n) is 38.4. The molecule has 0 aliphatic heterocycles. The maximum Gasteiger partial charge on any atom is 0.155 e. The van der Waals surface area contributed by atoms with E-state index >= 15 is 0 Å². The second-order valence-corrected chi connectivity index (χ2v) is 28.7. The van der Waals surface area contributed by atoms with Gasteiger partial charge in [0.2, 0.25) is 0 Å². The Labute approximate surface area is 772 Å². The summed E-state index contributed by atoms with van der Waals surface area (Å²) >= 11 is 0. The van der Waals surface area contributed by atoms with E-state index in [-0.39, 0.29) is 124 Å². The van der Waals surface area contributed by atoms with Crippen LogP contribution in [0.2, 0.25) is 0 Å². The molecule has 5 heterocycles. The SMILES string of the molecule is CC(=O)C=C(C)O.CC(=O)C=C(C)O.CC(C)Cc1cccc(-c2cc[c-]c(-c3ccccn3)c2)c1.CCc1ccnc(-c2[c-]ccc(-c3ccccc3)c2)c1.Cc1[c-]c(-c2ccc3ccccc3n2)c(C)cc1.Cc1cc(C)cc(-c2cc[c-]c(-c3nccc(C)c3C)c2)c1.Cc1cc[c-]c(-c2ccc3ccccc3n2)c1C.[Ir].[Ir].[Ir].[Ir].[Ir]. The Morgan fingerprint density at radius 1 is 0.378 bits per heavy atom. The third kappa shape index (κ3) is 32.0. The molecule has 15 rings (SSSR count). The van der Waals surface area contributed by atoms with Gasteiger partial charge in [0.15, 0.2) is 11.6 Å². The molecule has 15 aromatic rings. The predicted molar refractivity (Wildman–Crippen MR) is 474 cm³/mol. The van der Waals surface area contributed by atoms with Gasteiger partial charge in [-0.25, -0.2) is 0 Å². The molecular weight excluding hydrogens is 2360 g/mol. The summed E-state index contributed by atoms with van der Waals surface area (Å²) < 4.78 is 0. The van der Waals surface area contributed by atoms with E-state index in [9.17, 15) is 9.59 Å². The summed E-state index contributed by atoms with van der Waals surface area (Å²) in [5, 5.41) is 19.1. The van der Waals surface area contributed by atoms with Gasteiger partial charge < -0.3 is 25.2 Å². The van der Waals surface area contributed by atoms with E-state index in [1.165, 1.54) is 134 Å². The molecule has 0 fully saturated rings. The fraction of sp³-hybridized carbons (Fsp3) is 0.171. The van der Waals surface area contributed by atoms with Crippen molar-refractivity contribution in [2.24, 2.45) is 5.92 Å². The summed E-state index contributed by atoms with van der Waals surface area (Å²) in [7, 11) is 0. The van der Waals surface area contributed by atoms with Crippen molar-refractivity contribution >= 4 is 33.4 Å². The fourth-order valence-electron chi connectivity index (χ4n) is 12.6. The molecule has 0 aliphatic carbocycles. The van der Waals surface area contributed by atoms with Crippen LogP contribution in [0.1, 0.15) is 104 Å². The van der Waals surface area contributed by atoms with Crippen LogP contribution in [0.25, 0.3) is 111 Å². The van der Waals surface area contributed by atoms with Crippen molar-refractivity contribution in [2.45, 2.75) is 117 Å². The smallest absolute Gasteiger partial charge is 0.155 e. The predicted octanol–water partition coefficient (Wildman–Crippen LogP) is 26.3. The van der Waals surface area contributed by atoms with Crippen molar-refractivity contribution in [3.8, 4) is 89.7 Å². The van der Waals surface area contributed by atoms with Crippen LogP contribution in [0.3, 0.4) is 0 Å². The number of carbonyl (C=O) groups is 2. The van der Waals surface area contributed by atoms with Crippen LogP contribution in [-0.2, 0) is 123 Å². The number of aliphatic hydroxyl groups is 2. The molecule has 14 heteroatoms. The second kappa shape index (κ2) is 51.6. The molecule has 2 N–H and O–H groups in total. The number of rotatable bonds is 13. The van der Waals surface area contributed by atoms with Gasteiger partial charge in [-0.3, -0.25) is 19.6 Å². The van der Waals surface area contributed by atoms with Gasteiger partial charge in [0, 0.05) is 131 Å². The maximum absolute atomic E-state index is 10.0. The average Bonchev–Trinajstić information content (AvgIpc) is 0.821. The van der Waals surface area contributed by atoms with Crippen molar-refractivity contribution in [3.05, 3.63) is 389 Å². The summed E-state index contributed by atoms with van der Waals surface area (Å²) in [4.78, 5) is 42.9. The van der Waals surface area contributed by atoms with Gasteiger partial charge in [0.25, 0.3) is 0 Å². The fourth-order valence-corrected chi connectivity index (χ4v) is 12.6. The van der Waals surface area contributed by atoms with Gasteiger partial charge in [-0.1, -0.05) is 228 Å². The first-order chi connectivity index (χ1) is 54.9. The van der Waals surface area contributed by atoms with Gasteiger partial charge in [0.05, 0.1) is 22.6 Å². The van der Waals surface area contributed by atoms with Gasteiger partial charge in [-0.15, -0.1) is 176 Å². The Bertz CT molecular complexity index is 5680. The Kier molecular flexibility index (Phi) is 44.0. The average molecular weight is 2460 g/mol. The number of carbonyl (C=O) groups excluding carboxylic acids is 2. The first kappa shape index (κ1) is 101. The van der Waals surface area contributed by atoms with Gasteiger partial charge >= 0.3 is 0 Å². The van der Waals surface area contributed by atoms with E-state index in [1.807, 2.05) is 110 Å². The first-order valence-corrected chi connectivity index (χ1v) is 38.4. The van der Waals surface area contributed by atoms with E-state index in [4.69, 9.17) is 20.2 Å². The number of pyridine rings is 5. The number of allylic oxidation sites excluding steroid dienone is 4. The number of nitrogens with zero attached hydrogens (tertiary/aromatic N) is 5. The van der Waals surface area contributed by atoms with Crippen LogP contribution in [0.15, 0.2) is 303 Å². The van der Waals surface area contributed by atoms with Crippen LogP contribution in [-0.4, -0.2) is 46.7 Å². The number of hydrogen-bond acceptors (Lipinski definition) is 9. The summed E-state index contributed by atoms with van der Waals surface area (Å²) in [5.41, 5.74) is 32.3. The molecule has 0 amide bonds. The molecule has 9 nitrogen and oxygen atoms in total. The van der Waals surface area contributed by atoms with Gasteiger partial charge in [-0.05, 0) is 166 Å². The number of hydrogen-bond donors (Lipinski definition) is 2. The summed E-state index contributed by atoms with van der Waals surface area (Å²) in [6, 6.07) is 106. The minimum atomic E-state index is -0.125. The van der Waals surface area contributed by atoms with Crippen molar-refractivity contribution in [1.82, 2.24) is 24.9 Å². The van der Waals surface area contributed by atoms with Crippen LogP contribution in [0.4, 0.5) is 0 Å². The van der Waals surface area contributed by atoms with Crippen molar-refractivity contribution in [2.75, 3.05) is 0 Å². The zero-order valence-electron chi connectivity index (χ0n) is 69.8. The molecular formula is C105H100Ir5N5O4-5. The molecule has 5 radical (unpaired) electrons. The van der Waals surface area contributed by atoms with Crippen molar-refractivity contribution in [1.29, 1.82) is 0 Å². The Hall–Kier alpha value is -9.86. The van der Waals surface area contributed by atoms with Crippen molar-refractivity contribution in [3.63, 3.8) is 0 Å². The van der Waals surface area contributed by atoms with E-state index in [0.29, 0.717) is 5.92 Å². The number of aromatic nitrogens is 5. The largest absolute Gasteiger partial charge is 0.512 e. The Morgan fingerprint density at radius 3 is 1.42 bits per heavy atom. The number of aryl methyl sites for hydroxylation is 7. The standard InChI is InChI=1S/2C21H20N.C19H16N.2C17H14N.2C5H8O2.5Ir/c1-14-10-15(2)12-20(11-14)18-6-5-7-19(13-18)21-17(4)16(3)8-9-22-21;1-16(2)13-17-7-5-8-18(14-17)19-9-6-10-20(15-19)21-11-3-4-12-22-21;1-2-15-11-12-20-19(13-15)18-10-6-9-17(14-18)16-7-4-3-5-8-16;1-12-6-5-8-15(13(12)2)17-11-10-14-7-3-4-9-16(14)18-17;1-12-7-8-13(2)15(11-12)17-10-9-14-5-3-4-6-16(14)18-17;2*1-4(6)3-5(2)7;;;;;/h5-6,8-13H,1-4H3;3-9,11-12,14-16H,13H2,1-2H3;3-9,11-14H,2H2,1H3;3-7,9-11H,1-2H3;3-10H,1-2H3;2*3,6H,1-2H3;;;;;/q5*-1;;;;;;;. The second-order valence-electron chi connectivity index (χ2n) is 28.7. The zero-order chi connectivity index (χ0) is 81.6. The molecule has 0 unspecified atom stereocenters.